The molecular weight excluding hydrogens is 546 g/mol. The van der Waals surface area contributed by atoms with E-state index >= 15 is 0 Å². The second-order valence-electron chi connectivity index (χ2n) is 11.1. The lowest BCUT2D eigenvalue weighted by Crippen LogP contribution is -2.54. The number of hydrogen-bond donors (Lipinski definition) is 0. The zero-order valence-electron chi connectivity index (χ0n) is 26.1. The summed E-state index contributed by atoms with van der Waals surface area (Å²) in [6.45, 7) is 13.7. The number of aromatic nitrogens is 4. The first-order valence-corrected chi connectivity index (χ1v) is 14.3. The third-order valence-electron chi connectivity index (χ3n) is 7.81. The van der Waals surface area contributed by atoms with Crippen molar-refractivity contribution < 1.29 is 23.8 Å². The fraction of sp³-hybridized carbons (Fsp3) is 0.364. The lowest BCUT2D eigenvalue weighted by Gasteiger charge is -2.40. The second-order valence-corrected chi connectivity index (χ2v) is 11.1. The maximum absolute atomic E-state index is 14.8. The average Bonchev–Trinajstić information content (AvgIpc) is 3.48. The molecule has 224 valence electrons. The van der Waals surface area contributed by atoms with Crippen LogP contribution in [0.2, 0.25) is 0 Å². The van der Waals surface area contributed by atoms with Gasteiger partial charge < -0.3 is 18.8 Å². The van der Waals surface area contributed by atoms with Crippen molar-refractivity contribution in [3.05, 3.63) is 81.8 Å². The molecule has 1 aliphatic rings. The first-order chi connectivity index (χ1) is 20.5. The number of fused-ring (bicyclic) bond motifs is 1. The van der Waals surface area contributed by atoms with Gasteiger partial charge >= 0.3 is 12.0 Å². The minimum absolute atomic E-state index is 0.123. The largest absolute Gasteiger partial charge is 0.480 e. The van der Waals surface area contributed by atoms with Crippen LogP contribution in [0.1, 0.15) is 70.8 Å². The maximum Gasteiger partial charge on any atom is 0.343 e. The highest BCUT2D eigenvalue weighted by Crippen LogP contribution is 2.51. The van der Waals surface area contributed by atoms with Crippen LogP contribution in [-0.4, -0.2) is 52.2 Å². The lowest BCUT2D eigenvalue weighted by molar-refractivity contribution is -0.148. The van der Waals surface area contributed by atoms with Gasteiger partial charge in [0.05, 0.1) is 32.1 Å². The Bertz CT molecular complexity index is 1740. The third kappa shape index (κ3) is 4.52. The van der Waals surface area contributed by atoms with Gasteiger partial charge in [0, 0.05) is 17.9 Å². The summed E-state index contributed by atoms with van der Waals surface area (Å²) in [5.41, 5.74) is 4.24. The van der Waals surface area contributed by atoms with Crippen LogP contribution >= 0.6 is 0 Å². The Morgan fingerprint density at radius 1 is 0.953 bits per heavy atom. The number of aryl methyl sites for hydroxylation is 4. The number of rotatable bonds is 8. The number of ether oxygens (including phenoxy) is 3. The summed E-state index contributed by atoms with van der Waals surface area (Å²) in [4.78, 5) is 44.6. The molecule has 0 saturated heterocycles. The molecule has 1 amide bonds. The summed E-state index contributed by atoms with van der Waals surface area (Å²) in [6, 6.07) is 11.6. The molecule has 1 aliphatic heterocycles. The monoisotopic (exact) mass is 583 g/mol. The molecule has 0 spiro atoms. The number of esters is 1. The molecule has 0 fully saturated rings. The van der Waals surface area contributed by atoms with Gasteiger partial charge in [-0.15, -0.1) is 0 Å². The van der Waals surface area contributed by atoms with Crippen LogP contribution in [0.5, 0.6) is 11.9 Å². The van der Waals surface area contributed by atoms with Gasteiger partial charge in [-0.3, -0.25) is 9.69 Å². The van der Waals surface area contributed by atoms with Crippen LogP contribution < -0.4 is 14.4 Å². The van der Waals surface area contributed by atoms with Crippen LogP contribution in [0.4, 0.5) is 5.69 Å². The smallest absolute Gasteiger partial charge is 0.343 e. The van der Waals surface area contributed by atoms with Crippen LogP contribution in [0, 0.1) is 27.7 Å². The Morgan fingerprint density at radius 3 is 2.28 bits per heavy atom. The molecule has 2 aromatic carbocycles. The summed E-state index contributed by atoms with van der Waals surface area (Å²) < 4.78 is 18.6. The lowest BCUT2D eigenvalue weighted by atomic mass is 9.82. The first kappa shape index (κ1) is 29.8. The molecule has 1 unspecified atom stereocenters. The van der Waals surface area contributed by atoms with Crippen molar-refractivity contribution in [3.63, 3.8) is 0 Å². The Kier molecular flexibility index (Phi) is 7.72. The zero-order chi connectivity index (χ0) is 31.2. The van der Waals surface area contributed by atoms with Crippen molar-refractivity contribution in [2.24, 2.45) is 0 Å². The molecule has 4 aromatic rings. The van der Waals surface area contributed by atoms with E-state index in [4.69, 9.17) is 19.2 Å². The van der Waals surface area contributed by atoms with E-state index in [1.807, 2.05) is 82.5 Å². The number of carbonyl (C=O) groups excluding carboxylic acids is 2. The van der Waals surface area contributed by atoms with E-state index < -0.39 is 17.4 Å². The molecule has 10 heteroatoms. The maximum atomic E-state index is 14.8. The molecule has 2 aromatic heterocycles. The topological polar surface area (TPSA) is 109 Å². The molecule has 0 saturated carbocycles. The fourth-order valence-corrected chi connectivity index (χ4v) is 5.99. The van der Waals surface area contributed by atoms with Crippen LogP contribution in [-0.2, 0) is 15.1 Å². The van der Waals surface area contributed by atoms with Crippen LogP contribution in [0.3, 0.4) is 0 Å². The molecule has 0 radical (unpaired) electrons. The molecule has 1 atom stereocenters. The van der Waals surface area contributed by atoms with Crippen molar-refractivity contribution in [1.82, 2.24) is 19.5 Å². The first-order valence-electron chi connectivity index (χ1n) is 14.3. The van der Waals surface area contributed by atoms with Crippen molar-refractivity contribution in [2.45, 2.75) is 60.0 Å². The van der Waals surface area contributed by atoms with Gasteiger partial charge in [0.25, 0.3) is 5.91 Å². The predicted molar refractivity (Wildman–Crippen MR) is 163 cm³/mol. The Hall–Kier alpha value is -4.73. The van der Waals surface area contributed by atoms with E-state index in [9.17, 15) is 9.59 Å². The molecule has 10 nitrogen and oxygen atoms in total. The quantitative estimate of drug-likeness (QED) is 0.245. The van der Waals surface area contributed by atoms with Gasteiger partial charge in [-0.1, -0.05) is 35.9 Å². The predicted octanol–water partition coefficient (Wildman–Crippen LogP) is 5.64. The molecular formula is C33H37N5O5. The van der Waals surface area contributed by atoms with Gasteiger partial charge in [0.2, 0.25) is 11.4 Å². The normalized spacial score (nSPS) is 16.0. The summed E-state index contributed by atoms with van der Waals surface area (Å²) in [5, 5.41) is 0. The average molecular weight is 584 g/mol. The van der Waals surface area contributed by atoms with E-state index in [0.717, 1.165) is 22.3 Å². The zero-order valence-corrected chi connectivity index (χ0v) is 26.1. The van der Waals surface area contributed by atoms with E-state index in [-0.39, 0.29) is 30.2 Å². The molecule has 5 rings (SSSR count). The Morgan fingerprint density at radius 2 is 1.65 bits per heavy atom. The van der Waals surface area contributed by atoms with E-state index in [2.05, 4.69) is 9.97 Å². The van der Waals surface area contributed by atoms with Gasteiger partial charge in [-0.05, 0) is 76.8 Å². The van der Waals surface area contributed by atoms with Gasteiger partial charge in [-0.2, -0.15) is 4.98 Å². The van der Waals surface area contributed by atoms with Crippen molar-refractivity contribution in [1.29, 1.82) is 0 Å². The summed E-state index contributed by atoms with van der Waals surface area (Å²) in [6.07, 6.45) is 1.55. The number of methoxy groups -OCH3 is 2. The van der Waals surface area contributed by atoms with Crippen LogP contribution in [0.25, 0.3) is 11.4 Å². The van der Waals surface area contributed by atoms with Crippen molar-refractivity contribution in [2.75, 3.05) is 25.7 Å². The second kappa shape index (κ2) is 11.2. The van der Waals surface area contributed by atoms with E-state index in [0.29, 0.717) is 28.3 Å². The van der Waals surface area contributed by atoms with Crippen molar-refractivity contribution >= 4 is 17.6 Å². The van der Waals surface area contributed by atoms with Crippen molar-refractivity contribution in [3.8, 4) is 23.3 Å². The highest BCUT2D eigenvalue weighted by atomic mass is 16.5. The Balaban J connectivity index is 1.97. The van der Waals surface area contributed by atoms with E-state index in [1.165, 1.54) is 14.2 Å². The summed E-state index contributed by atoms with van der Waals surface area (Å²) >= 11 is 0. The third-order valence-corrected chi connectivity index (χ3v) is 7.81. The number of anilines is 1. The number of hydrogen-bond acceptors (Lipinski definition) is 8. The van der Waals surface area contributed by atoms with Gasteiger partial charge in [-0.25, -0.2) is 14.8 Å². The molecule has 0 bridgehead atoms. The molecule has 3 heterocycles. The standard InChI is InChI=1S/C33H37N5O5/c1-10-43-31(40)33(24-14-12-19(4)15-22(24)7)27-26(30(39)38(33)25-16-20(5)11-13-21(25)6)35-28(37(27)18(2)3)23-17-34-32(42-9)36-29(23)41-8/h11-18H,10H2,1-9H3. The van der Waals surface area contributed by atoms with Gasteiger partial charge in [0.1, 0.15) is 5.82 Å². The van der Waals surface area contributed by atoms with Gasteiger partial charge in [0.15, 0.2) is 5.69 Å². The number of imidazole rings is 1. The molecule has 0 aliphatic carbocycles. The number of amides is 1. The molecule has 43 heavy (non-hydrogen) atoms. The SMILES string of the molecule is CCOC(=O)C1(c2ccc(C)cc2C)c2c(nc(-c3cnc(OC)nc3OC)n2C(C)C)C(=O)N1c1cc(C)ccc1C. The minimum atomic E-state index is -1.69. The number of nitrogens with zero attached hydrogens (tertiary/aromatic N) is 5. The minimum Gasteiger partial charge on any atom is -0.480 e. The number of carbonyl (C=O) groups is 2. The number of benzene rings is 2. The molecule has 0 N–H and O–H groups in total. The summed E-state index contributed by atoms with van der Waals surface area (Å²) in [5.74, 6) is -0.358. The van der Waals surface area contributed by atoms with E-state index in [1.54, 1.807) is 18.0 Å². The summed E-state index contributed by atoms with van der Waals surface area (Å²) in [7, 11) is 2.96. The highest BCUT2D eigenvalue weighted by Gasteiger charge is 2.62. The highest BCUT2D eigenvalue weighted by molar-refractivity contribution is 6.18. The fourth-order valence-electron chi connectivity index (χ4n) is 5.99. The van der Waals surface area contributed by atoms with Crippen LogP contribution in [0.15, 0.2) is 42.6 Å². The Labute approximate surface area is 251 Å².